The van der Waals surface area contributed by atoms with Gasteiger partial charge in [0.2, 0.25) is 0 Å². The van der Waals surface area contributed by atoms with Gasteiger partial charge in [0, 0.05) is 35.6 Å². The molecule has 1 saturated heterocycles. The first kappa shape index (κ1) is 20.7. The van der Waals surface area contributed by atoms with E-state index in [-0.39, 0.29) is 11.5 Å². The van der Waals surface area contributed by atoms with Crippen molar-refractivity contribution in [3.8, 4) is 0 Å². The Balaban J connectivity index is 1.20. The van der Waals surface area contributed by atoms with E-state index in [0.29, 0.717) is 16.5 Å². The standard InChI is InChI=1S/C24H22ClN7S/c25-20-17(7-10-28-22(20)27)33-19-6-5-16-23(31-19)29-13-18(30-16)32-11-8-24(9-12-32)15-4-2-1-3-14(15)21(24)26/h1-7,10,13,21H,8-9,11-12,26H2,(H2,27,28)/t21-/m1/s1. The van der Waals surface area contributed by atoms with Crippen LogP contribution < -0.4 is 16.4 Å². The average molecular weight is 476 g/mol. The SMILES string of the molecule is Nc1nccc(Sc2ccc3nc(N4CCC5(CC4)c4ccccc4[C@H]5N)cnc3n2)c1Cl. The number of fused-ring (bicyclic) bond motifs is 3. The van der Waals surface area contributed by atoms with Crippen molar-refractivity contribution >= 4 is 46.2 Å². The molecule has 0 radical (unpaired) electrons. The van der Waals surface area contributed by atoms with Gasteiger partial charge in [-0.15, -0.1) is 0 Å². The smallest absolute Gasteiger partial charge is 0.179 e. The highest BCUT2D eigenvalue weighted by Gasteiger charge is 2.50. The van der Waals surface area contributed by atoms with E-state index in [1.54, 1.807) is 6.20 Å². The fourth-order valence-corrected chi connectivity index (χ4v) is 6.09. The summed E-state index contributed by atoms with van der Waals surface area (Å²) in [4.78, 5) is 21.2. The van der Waals surface area contributed by atoms with Crippen LogP contribution in [0.25, 0.3) is 11.2 Å². The largest absolute Gasteiger partial charge is 0.382 e. The van der Waals surface area contributed by atoms with Crippen LogP contribution in [-0.2, 0) is 5.41 Å². The van der Waals surface area contributed by atoms with Crippen LogP contribution in [0.2, 0.25) is 5.02 Å². The van der Waals surface area contributed by atoms with Crippen LogP contribution >= 0.6 is 23.4 Å². The zero-order valence-corrected chi connectivity index (χ0v) is 19.4. The molecule has 1 atom stereocenters. The fraction of sp³-hybridized carbons (Fsp3) is 0.250. The number of rotatable bonds is 3. The molecule has 1 spiro atoms. The third-order valence-electron chi connectivity index (χ3n) is 6.87. The second-order valence-electron chi connectivity index (χ2n) is 8.54. The van der Waals surface area contributed by atoms with E-state index >= 15 is 0 Å². The van der Waals surface area contributed by atoms with Gasteiger partial charge >= 0.3 is 0 Å². The highest BCUT2D eigenvalue weighted by molar-refractivity contribution is 7.99. The van der Waals surface area contributed by atoms with Gasteiger partial charge in [-0.3, -0.25) is 0 Å². The van der Waals surface area contributed by atoms with Gasteiger partial charge in [0.25, 0.3) is 0 Å². The summed E-state index contributed by atoms with van der Waals surface area (Å²) in [5, 5.41) is 1.21. The summed E-state index contributed by atoms with van der Waals surface area (Å²) in [5.41, 5.74) is 16.6. The molecule has 1 fully saturated rings. The molecule has 33 heavy (non-hydrogen) atoms. The molecular weight excluding hydrogens is 454 g/mol. The number of benzene rings is 1. The number of anilines is 2. The van der Waals surface area contributed by atoms with Gasteiger partial charge in [-0.2, -0.15) is 0 Å². The third kappa shape index (κ3) is 3.32. The number of hydrogen-bond acceptors (Lipinski definition) is 8. The number of nitrogens with zero attached hydrogens (tertiary/aromatic N) is 5. The molecule has 7 nitrogen and oxygen atoms in total. The number of halogens is 1. The second kappa shape index (κ2) is 7.83. The normalized spacial score (nSPS) is 18.8. The monoisotopic (exact) mass is 475 g/mol. The first-order valence-corrected chi connectivity index (χ1v) is 12.1. The maximum Gasteiger partial charge on any atom is 0.179 e. The Bertz CT molecular complexity index is 1370. The fourth-order valence-electron chi connectivity index (χ4n) is 5.04. The van der Waals surface area contributed by atoms with Crippen molar-refractivity contribution in [2.24, 2.45) is 5.73 Å². The Morgan fingerprint density at radius 1 is 1.03 bits per heavy atom. The van der Waals surface area contributed by atoms with Crippen molar-refractivity contribution < 1.29 is 0 Å². The molecule has 2 aliphatic rings. The first-order chi connectivity index (χ1) is 16.0. The van der Waals surface area contributed by atoms with Crippen LogP contribution in [0.3, 0.4) is 0 Å². The minimum absolute atomic E-state index is 0.0999. The number of piperidine rings is 1. The molecule has 4 N–H and O–H groups in total. The summed E-state index contributed by atoms with van der Waals surface area (Å²) >= 11 is 7.69. The predicted octanol–water partition coefficient (Wildman–Crippen LogP) is 4.36. The molecule has 0 unspecified atom stereocenters. The summed E-state index contributed by atoms with van der Waals surface area (Å²) in [7, 11) is 0. The van der Waals surface area contributed by atoms with E-state index in [9.17, 15) is 0 Å². The lowest BCUT2D eigenvalue weighted by Gasteiger charge is -2.54. The van der Waals surface area contributed by atoms with Crippen molar-refractivity contribution in [2.75, 3.05) is 23.7 Å². The van der Waals surface area contributed by atoms with Crippen LogP contribution in [0.15, 0.2) is 64.8 Å². The summed E-state index contributed by atoms with van der Waals surface area (Å²) in [6, 6.07) is 14.4. The molecule has 166 valence electrons. The Morgan fingerprint density at radius 2 is 1.85 bits per heavy atom. The topological polar surface area (TPSA) is 107 Å². The van der Waals surface area contributed by atoms with Gasteiger partial charge in [0.05, 0.1) is 11.2 Å². The van der Waals surface area contributed by atoms with Crippen LogP contribution in [0.5, 0.6) is 0 Å². The number of pyridine rings is 2. The van der Waals surface area contributed by atoms with Crippen LogP contribution in [0.4, 0.5) is 11.6 Å². The van der Waals surface area contributed by atoms with Gasteiger partial charge in [0.1, 0.15) is 22.2 Å². The minimum Gasteiger partial charge on any atom is -0.382 e. The lowest BCUT2D eigenvalue weighted by atomic mass is 9.56. The van der Waals surface area contributed by atoms with Crippen LogP contribution in [-0.4, -0.2) is 33.0 Å². The van der Waals surface area contributed by atoms with Gasteiger partial charge in [-0.1, -0.05) is 47.6 Å². The molecule has 0 saturated carbocycles. The molecule has 9 heteroatoms. The van der Waals surface area contributed by atoms with Crippen molar-refractivity contribution in [1.82, 2.24) is 19.9 Å². The molecule has 3 aromatic heterocycles. The highest BCUT2D eigenvalue weighted by Crippen LogP contribution is 2.54. The van der Waals surface area contributed by atoms with Crippen LogP contribution in [0, 0.1) is 0 Å². The summed E-state index contributed by atoms with van der Waals surface area (Å²) in [6.45, 7) is 1.82. The maximum absolute atomic E-state index is 6.57. The van der Waals surface area contributed by atoms with E-state index < -0.39 is 0 Å². The van der Waals surface area contributed by atoms with Gasteiger partial charge in [-0.05, 0) is 42.2 Å². The summed E-state index contributed by atoms with van der Waals surface area (Å²) in [5.74, 6) is 1.19. The highest BCUT2D eigenvalue weighted by atomic mass is 35.5. The predicted molar refractivity (Wildman–Crippen MR) is 132 cm³/mol. The Morgan fingerprint density at radius 3 is 2.70 bits per heavy atom. The van der Waals surface area contributed by atoms with Gasteiger partial charge < -0.3 is 16.4 Å². The molecule has 4 heterocycles. The molecule has 6 rings (SSSR count). The molecule has 1 aliphatic carbocycles. The lowest BCUT2D eigenvalue weighted by Crippen LogP contribution is -2.54. The van der Waals surface area contributed by atoms with Crippen molar-refractivity contribution in [2.45, 2.75) is 34.2 Å². The van der Waals surface area contributed by atoms with Gasteiger partial charge in [-0.25, -0.2) is 19.9 Å². The molecule has 1 aliphatic heterocycles. The third-order valence-corrected chi connectivity index (χ3v) is 8.37. The number of hydrogen-bond donors (Lipinski definition) is 2. The van der Waals surface area contributed by atoms with E-state index in [4.69, 9.17) is 28.1 Å². The van der Waals surface area contributed by atoms with Crippen molar-refractivity contribution in [1.29, 1.82) is 0 Å². The minimum atomic E-state index is 0.0999. The Labute approximate surface area is 200 Å². The van der Waals surface area contributed by atoms with E-state index in [1.165, 1.54) is 22.9 Å². The molecule has 0 amide bonds. The lowest BCUT2D eigenvalue weighted by molar-refractivity contribution is 0.230. The molecule has 4 aromatic rings. The average Bonchev–Trinajstić information content (AvgIpc) is 2.86. The van der Waals surface area contributed by atoms with E-state index in [1.807, 2.05) is 24.4 Å². The van der Waals surface area contributed by atoms with Gasteiger partial charge in [0.15, 0.2) is 5.65 Å². The second-order valence-corrected chi connectivity index (χ2v) is 9.98. The number of nitrogen functional groups attached to an aromatic ring is 1. The summed E-state index contributed by atoms with van der Waals surface area (Å²) in [6.07, 6.45) is 5.49. The number of nitrogens with two attached hydrogens (primary N) is 2. The molecular formula is C24H22ClN7S. The zero-order valence-electron chi connectivity index (χ0n) is 17.8. The Hall–Kier alpha value is -2.94. The van der Waals surface area contributed by atoms with Crippen molar-refractivity contribution in [3.63, 3.8) is 0 Å². The molecule has 1 aromatic carbocycles. The number of aromatic nitrogens is 4. The van der Waals surface area contributed by atoms with Crippen LogP contribution in [0.1, 0.15) is 30.0 Å². The Kier molecular flexibility index (Phi) is 4.90. The molecule has 0 bridgehead atoms. The van der Waals surface area contributed by atoms with E-state index in [2.05, 4.69) is 44.1 Å². The zero-order chi connectivity index (χ0) is 22.6. The summed E-state index contributed by atoms with van der Waals surface area (Å²) < 4.78 is 0. The quantitative estimate of drug-likeness (QED) is 0.450. The van der Waals surface area contributed by atoms with E-state index in [0.717, 1.165) is 47.2 Å². The first-order valence-electron chi connectivity index (χ1n) is 10.9. The van der Waals surface area contributed by atoms with Crippen molar-refractivity contribution in [3.05, 3.63) is 71.0 Å². The maximum atomic E-state index is 6.57.